The number of aliphatic hydroxyl groups is 1. The average molecular weight is 444 g/mol. The molecule has 180 valence electrons. The fourth-order valence-corrected chi connectivity index (χ4v) is 6.80. The van der Waals surface area contributed by atoms with Crippen molar-refractivity contribution in [1.29, 1.82) is 0 Å². The molecule has 4 nitrogen and oxygen atoms in total. The number of ether oxygens (including phenoxy) is 2. The van der Waals surface area contributed by atoms with Crippen LogP contribution < -0.4 is 4.74 Å². The zero-order valence-electron chi connectivity index (χ0n) is 20.5. The molecule has 2 aliphatic carbocycles. The van der Waals surface area contributed by atoms with Gasteiger partial charge in [-0.25, -0.2) is 0 Å². The third-order valence-corrected chi connectivity index (χ3v) is 8.54. The Kier molecular flexibility index (Phi) is 8.18. The molecule has 0 radical (unpaired) electrons. The predicted octanol–water partition coefficient (Wildman–Crippen LogP) is 5.49. The van der Waals surface area contributed by atoms with Crippen molar-refractivity contribution in [3.8, 4) is 5.75 Å². The van der Waals surface area contributed by atoms with Crippen LogP contribution in [0.2, 0.25) is 0 Å². The Morgan fingerprint density at radius 3 is 2.72 bits per heavy atom. The summed E-state index contributed by atoms with van der Waals surface area (Å²) >= 11 is 0. The lowest BCUT2D eigenvalue weighted by molar-refractivity contribution is -0.0588. The average Bonchev–Trinajstić information content (AvgIpc) is 2.80. The van der Waals surface area contributed by atoms with Gasteiger partial charge < -0.3 is 14.6 Å². The van der Waals surface area contributed by atoms with Gasteiger partial charge in [0.2, 0.25) is 0 Å². The van der Waals surface area contributed by atoms with E-state index in [1.54, 1.807) is 5.56 Å². The number of unbranched alkanes of at least 4 members (excludes halogenated alkanes) is 2. The SMILES string of the molecule is CCCCC[C@@]12CC[C@](O)(CCC)C[C@H]1CCc1cc(OCCN3CCOCC3)ccc12. The minimum Gasteiger partial charge on any atom is -0.492 e. The van der Waals surface area contributed by atoms with Crippen LogP contribution in [0.25, 0.3) is 0 Å². The highest BCUT2D eigenvalue weighted by Crippen LogP contribution is 2.56. The fourth-order valence-electron chi connectivity index (χ4n) is 6.80. The van der Waals surface area contributed by atoms with Gasteiger partial charge in [-0.05, 0) is 79.5 Å². The van der Waals surface area contributed by atoms with Gasteiger partial charge in [-0.1, -0.05) is 45.6 Å². The summed E-state index contributed by atoms with van der Waals surface area (Å²) in [6.07, 6.45) is 12.6. The van der Waals surface area contributed by atoms with E-state index in [1.165, 1.54) is 37.7 Å². The Morgan fingerprint density at radius 1 is 1.09 bits per heavy atom. The Hall–Kier alpha value is -1.10. The Labute approximate surface area is 195 Å². The molecule has 1 aromatic rings. The van der Waals surface area contributed by atoms with Crippen LogP contribution in [0, 0.1) is 5.92 Å². The van der Waals surface area contributed by atoms with E-state index >= 15 is 0 Å². The lowest BCUT2D eigenvalue weighted by atomic mass is 9.52. The van der Waals surface area contributed by atoms with Gasteiger partial charge in [0, 0.05) is 19.6 Å². The molecule has 4 heteroatoms. The van der Waals surface area contributed by atoms with Crippen molar-refractivity contribution >= 4 is 0 Å². The quantitative estimate of drug-likeness (QED) is 0.485. The smallest absolute Gasteiger partial charge is 0.119 e. The molecule has 32 heavy (non-hydrogen) atoms. The van der Waals surface area contributed by atoms with E-state index in [4.69, 9.17) is 9.47 Å². The second-order valence-electron chi connectivity index (χ2n) is 10.6. The maximum Gasteiger partial charge on any atom is 0.119 e. The summed E-state index contributed by atoms with van der Waals surface area (Å²) in [7, 11) is 0. The van der Waals surface area contributed by atoms with E-state index in [0.717, 1.165) is 83.7 Å². The molecule has 0 unspecified atom stereocenters. The number of nitrogens with zero attached hydrogens (tertiary/aromatic N) is 1. The molecule has 0 bridgehead atoms. The van der Waals surface area contributed by atoms with Gasteiger partial charge in [0.25, 0.3) is 0 Å². The van der Waals surface area contributed by atoms with Crippen LogP contribution in [0.1, 0.15) is 89.2 Å². The standard InChI is InChI=1S/C28H45NO3/c1-3-5-6-12-28-14-13-27(30,11-4-2)22-24(28)8-7-23-21-25(9-10-26(23)28)32-20-17-29-15-18-31-19-16-29/h9-10,21,24,30H,3-8,11-20,22H2,1-2H3/t24-,27-,28-/m1/s1. The van der Waals surface area contributed by atoms with E-state index < -0.39 is 5.60 Å². The van der Waals surface area contributed by atoms with E-state index in [0.29, 0.717) is 5.92 Å². The number of benzene rings is 1. The summed E-state index contributed by atoms with van der Waals surface area (Å²) in [5.74, 6) is 1.64. The first-order chi connectivity index (χ1) is 15.6. The third kappa shape index (κ3) is 5.34. The van der Waals surface area contributed by atoms with Gasteiger partial charge in [-0.3, -0.25) is 4.90 Å². The highest BCUT2D eigenvalue weighted by Gasteiger charge is 2.50. The summed E-state index contributed by atoms with van der Waals surface area (Å²) in [5, 5.41) is 11.3. The molecule has 3 aliphatic rings. The van der Waals surface area contributed by atoms with Crippen molar-refractivity contribution in [3.05, 3.63) is 29.3 Å². The van der Waals surface area contributed by atoms with Crippen LogP contribution in [0.4, 0.5) is 0 Å². The van der Waals surface area contributed by atoms with Gasteiger partial charge in [0.1, 0.15) is 12.4 Å². The van der Waals surface area contributed by atoms with Gasteiger partial charge >= 0.3 is 0 Å². The van der Waals surface area contributed by atoms with Crippen LogP contribution in [0.5, 0.6) is 5.75 Å². The molecule has 3 atom stereocenters. The Morgan fingerprint density at radius 2 is 1.94 bits per heavy atom. The topological polar surface area (TPSA) is 41.9 Å². The van der Waals surface area contributed by atoms with Crippen molar-refractivity contribution in [2.75, 3.05) is 39.5 Å². The van der Waals surface area contributed by atoms with Crippen molar-refractivity contribution in [2.24, 2.45) is 5.92 Å². The van der Waals surface area contributed by atoms with E-state index in [9.17, 15) is 5.11 Å². The van der Waals surface area contributed by atoms with Gasteiger partial charge in [0.15, 0.2) is 0 Å². The maximum absolute atomic E-state index is 11.3. The van der Waals surface area contributed by atoms with Gasteiger partial charge in [-0.15, -0.1) is 0 Å². The first-order valence-corrected chi connectivity index (χ1v) is 13.4. The maximum atomic E-state index is 11.3. The lowest BCUT2D eigenvalue weighted by Crippen LogP contribution is -2.50. The Bertz CT molecular complexity index is 731. The zero-order valence-corrected chi connectivity index (χ0v) is 20.5. The first kappa shape index (κ1) is 24.0. The van der Waals surface area contributed by atoms with Crippen LogP contribution in [-0.2, 0) is 16.6 Å². The van der Waals surface area contributed by atoms with Crippen LogP contribution >= 0.6 is 0 Å². The minimum atomic E-state index is -0.437. The van der Waals surface area contributed by atoms with Gasteiger partial charge in [-0.2, -0.15) is 0 Å². The lowest BCUT2D eigenvalue weighted by Gasteiger charge is -2.53. The molecule has 0 amide bonds. The zero-order chi connectivity index (χ0) is 22.4. The number of hydrogen-bond acceptors (Lipinski definition) is 4. The predicted molar refractivity (Wildman–Crippen MR) is 131 cm³/mol. The van der Waals surface area contributed by atoms with Crippen molar-refractivity contribution in [3.63, 3.8) is 0 Å². The number of morpholine rings is 1. The summed E-state index contributed by atoms with van der Waals surface area (Å²) < 4.78 is 11.6. The van der Waals surface area contributed by atoms with Crippen LogP contribution in [0.15, 0.2) is 18.2 Å². The van der Waals surface area contributed by atoms with Crippen LogP contribution in [-0.4, -0.2) is 55.1 Å². The van der Waals surface area contributed by atoms with Gasteiger partial charge in [0.05, 0.1) is 18.8 Å². The minimum absolute atomic E-state index is 0.259. The normalized spacial score (nSPS) is 30.5. The molecule has 0 aromatic heterocycles. The van der Waals surface area contributed by atoms with Crippen LogP contribution in [0.3, 0.4) is 0 Å². The highest BCUT2D eigenvalue weighted by molar-refractivity contribution is 5.43. The molecule has 1 aliphatic heterocycles. The molecule has 1 heterocycles. The number of fused-ring (bicyclic) bond motifs is 3. The summed E-state index contributed by atoms with van der Waals surface area (Å²) in [5.41, 5.74) is 2.90. The number of hydrogen-bond donors (Lipinski definition) is 1. The summed E-state index contributed by atoms with van der Waals surface area (Å²) in [4.78, 5) is 2.43. The van der Waals surface area contributed by atoms with Crippen molar-refractivity contribution in [2.45, 2.75) is 95.5 Å². The number of aryl methyl sites for hydroxylation is 1. The molecule has 1 saturated carbocycles. The summed E-state index contributed by atoms with van der Waals surface area (Å²) in [6, 6.07) is 6.94. The fraction of sp³-hybridized carbons (Fsp3) is 0.786. The molecular weight excluding hydrogens is 398 g/mol. The molecule has 1 N–H and O–H groups in total. The van der Waals surface area contributed by atoms with E-state index in [2.05, 4.69) is 36.9 Å². The second kappa shape index (κ2) is 10.9. The molecule has 2 fully saturated rings. The third-order valence-electron chi connectivity index (χ3n) is 8.54. The highest BCUT2D eigenvalue weighted by atomic mass is 16.5. The largest absolute Gasteiger partial charge is 0.492 e. The molecular formula is C28H45NO3. The molecule has 4 rings (SSSR count). The Balaban J connectivity index is 1.47. The second-order valence-corrected chi connectivity index (χ2v) is 10.6. The first-order valence-electron chi connectivity index (χ1n) is 13.4. The van der Waals surface area contributed by atoms with E-state index in [1.807, 2.05) is 0 Å². The summed E-state index contributed by atoms with van der Waals surface area (Å²) in [6.45, 7) is 9.93. The molecule has 1 aromatic carbocycles. The monoisotopic (exact) mass is 443 g/mol. The van der Waals surface area contributed by atoms with Crippen molar-refractivity contribution in [1.82, 2.24) is 4.90 Å². The molecule has 1 saturated heterocycles. The number of rotatable bonds is 10. The van der Waals surface area contributed by atoms with Crippen molar-refractivity contribution < 1.29 is 14.6 Å². The van der Waals surface area contributed by atoms with E-state index in [-0.39, 0.29) is 5.41 Å². The molecule has 0 spiro atoms.